The third kappa shape index (κ3) is 3.23. The Hall–Kier alpha value is -0.530. The van der Waals surface area contributed by atoms with E-state index in [1.807, 2.05) is 6.07 Å². The summed E-state index contributed by atoms with van der Waals surface area (Å²) in [6, 6.07) is 10.4. The van der Waals surface area contributed by atoms with Crippen LogP contribution in [0.4, 0.5) is 0 Å². The summed E-state index contributed by atoms with van der Waals surface area (Å²) in [6.07, 6.45) is 2.69. The highest BCUT2D eigenvalue weighted by Gasteiger charge is 2.19. The number of likely N-dealkylation sites (tertiary alicyclic amines) is 1. The van der Waals surface area contributed by atoms with Gasteiger partial charge in [-0.3, -0.25) is 0 Å². The zero-order chi connectivity index (χ0) is 11.4. The van der Waals surface area contributed by atoms with Crippen LogP contribution in [0.3, 0.4) is 0 Å². The lowest BCUT2D eigenvalue weighted by Crippen LogP contribution is -2.36. The third-order valence-corrected chi connectivity index (χ3v) is 3.71. The molecular weight excluding hydrogens is 218 g/mol. The summed E-state index contributed by atoms with van der Waals surface area (Å²) in [5.74, 6) is 0.827. The minimum atomic E-state index is 0.131. The molecule has 2 atom stereocenters. The molecule has 0 radical (unpaired) electrons. The lowest BCUT2D eigenvalue weighted by molar-refractivity contribution is 0.184. The van der Waals surface area contributed by atoms with Crippen LogP contribution in [0.15, 0.2) is 30.3 Å². The summed E-state index contributed by atoms with van der Waals surface area (Å²) in [5, 5.41) is 0.131. The van der Waals surface area contributed by atoms with Crippen molar-refractivity contribution in [3.8, 4) is 0 Å². The number of alkyl halides is 1. The molecule has 1 aliphatic heterocycles. The fourth-order valence-electron chi connectivity index (χ4n) is 2.45. The van der Waals surface area contributed by atoms with Gasteiger partial charge in [-0.15, -0.1) is 11.6 Å². The first-order chi connectivity index (χ1) is 7.75. The Kier molecular flexibility index (Phi) is 4.25. The van der Waals surface area contributed by atoms with Gasteiger partial charge in [0.15, 0.2) is 0 Å². The molecule has 88 valence electrons. The Labute approximate surface area is 103 Å². The van der Waals surface area contributed by atoms with Gasteiger partial charge in [-0.25, -0.2) is 0 Å². The molecule has 0 bridgehead atoms. The third-order valence-electron chi connectivity index (χ3n) is 3.32. The highest BCUT2D eigenvalue weighted by Crippen LogP contribution is 2.24. The summed E-state index contributed by atoms with van der Waals surface area (Å²) in [5.41, 5.74) is 1.24. The number of hydrogen-bond acceptors (Lipinski definition) is 1. The molecule has 0 amide bonds. The van der Waals surface area contributed by atoms with Crippen LogP contribution in [0.25, 0.3) is 0 Å². The highest BCUT2D eigenvalue weighted by atomic mass is 35.5. The molecule has 1 fully saturated rings. The van der Waals surface area contributed by atoms with Crippen molar-refractivity contribution in [3.63, 3.8) is 0 Å². The molecule has 1 aromatic rings. The largest absolute Gasteiger partial charge is 0.301 e. The van der Waals surface area contributed by atoms with Gasteiger partial charge in [0, 0.05) is 13.1 Å². The fourth-order valence-corrected chi connectivity index (χ4v) is 2.79. The summed E-state index contributed by atoms with van der Waals surface area (Å²) in [4.78, 5) is 2.50. The standard InChI is InChI=1S/C14H20ClN/c1-12-6-5-9-16(10-12)11-14(15)13-7-3-2-4-8-13/h2-4,7-8,12,14H,5-6,9-11H2,1H3. The van der Waals surface area contributed by atoms with Gasteiger partial charge in [0.1, 0.15) is 0 Å². The Bertz CT molecular complexity index is 312. The number of halogens is 1. The van der Waals surface area contributed by atoms with Crippen LogP contribution in [-0.2, 0) is 0 Å². The van der Waals surface area contributed by atoms with Gasteiger partial charge in [0.05, 0.1) is 5.38 Å². The summed E-state index contributed by atoms with van der Waals surface area (Å²) in [6.45, 7) is 5.73. The van der Waals surface area contributed by atoms with Crippen LogP contribution >= 0.6 is 11.6 Å². The van der Waals surface area contributed by atoms with Crippen molar-refractivity contribution in [2.75, 3.05) is 19.6 Å². The normalized spacial score (nSPS) is 24.2. The van der Waals surface area contributed by atoms with Gasteiger partial charge in [0.2, 0.25) is 0 Å². The predicted molar refractivity (Wildman–Crippen MR) is 69.9 cm³/mol. The number of rotatable bonds is 3. The Morgan fingerprint density at radius 1 is 1.38 bits per heavy atom. The van der Waals surface area contributed by atoms with Crippen LogP contribution in [0.5, 0.6) is 0 Å². The monoisotopic (exact) mass is 237 g/mol. The van der Waals surface area contributed by atoms with E-state index < -0.39 is 0 Å². The van der Waals surface area contributed by atoms with Gasteiger partial charge in [0.25, 0.3) is 0 Å². The lowest BCUT2D eigenvalue weighted by Gasteiger charge is -2.32. The van der Waals surface area contributed by atoms with Crippen molar-refractivity contribution in [2.24, 2.45) is 5.92 Å². The van der Waals surface area contributed by atoms with Gasteiger partial charge in [-0.2, -0.15) is 0 Å². The quantitative estimate of drug-likeness (QED) is 0.725. The number of nitrogens with zero attached hydrogens (tertiary/aromatic N) is 1. The van der Waals surface area contributed by atoms with E-state index in [1.165, 1.54) is 31.5 Å². The molecule has 2 unspecified atom stereocenters. The van der Waals surface area contributed by atoms with Gasteiger partial charge in [-0.05, 0) is 30.9 Å². The maximum Gasteiger partial charge on any atom is 0.0712 e. The zero-order valence-electron chi connectivity index (χ0n) is 9.90. The van der Waals surface area contributed by atoms with Crippen molar-refractivity contribution in [1.82, 2.24) is 4.90 Å². The molecule has 1 aromatic carbocycles. The summed E-state index contributed by atoms with van der Waals surface area (Å²) in [7, 11) is 0. The second kappa shape index (κ2) is 5.70. The molecule has 0 aromatic heterocycles. The molecule has 2 heteroatoms. The van der Waals surface area contributed by atoms with E-state index in [9.17, 15) is 0 Å². The molecule has 0 aliphatic carbocycles. The van der Waals surface area contributed by atoms with E-state index in [2.05, 4.69) is 36.1 Å². The first-order valence-corrected chi connectivity index (χ1v) is 6.60. The average molecular weight is 238 g/mol. The van der Waals surface area contributed by atoms with E-state index >= 15 is 0 Å². The highest BCUT2D eigenvalue weighted by molar-refractivity contribution is 6.21. The van der Waals surface area contributed by atoms with Crippen molar-refractivity contribution in [3.05, 3.63) is 35.9 Å². The van der Waals surface area contributed by atoms with Gasteiger partial charge < -0.3 is 4.90 Å². The molecular formula is C14H20ClN. The topological polar surface area (TPSA) is 3.24 Å². The van der Waals surface area contributed by atoms with Crippen molar-refractivity contribution < 1.29 is 0 Å². The van der Waals surface area contributed by atoms with Crippen molar-refractivity contribution in [2.45, 2.75) is 25.1 Å². The van der Waals surface area contributed by atoms with Gasteiger partial charge in [-0.1, -0.05) is 37.3 Å². The second-order valence-corrected chi connectivity index (χ2v) is 5.41. The van der Waals surface area contributed by atoms with Crippen molar-refractivity contribution in [1.29, 1.82) is 0 Å². The van der Waals surface area contributed by atoms with Crippen molar-refractivity contribution >= 4 is 11.6 Å². The predicted octanol–water partition coefficient (Wildman–Crippen LogP) is 3.70. The van der Waals surface area contributed by atoms with Crippen LogP contribution in [0.1, 0.15) is 30.7 Å². The molecule has 16 heavy (non-hydrogen) atoms. The van der Waals surface area contributed by atoms with Crippen LogP contribution in [0.2, 0.25) is 0 Å². The van der Waals surface area contributed by atoms with E-state index in [-0.39, 0.29) is 5.38 Å². The second-order valence-electron chi connectivity index (χ2n) is 4.89. The van der Waals surface area contributed by atoms with E-state index in [0.29, 0.717) is 0 Å². The average Bonchev–Trinajstić information content (AvgIpc) is 2.30. The minimum Gasteiger partial charge on any atom is -0.301 e. The summed E-state index contributed by atoms with van der Waals surface area (Å²) < 4.78 is 0. The van der Waals surface area contributed by atoms with Gasteiger partial charge >= 0.3 is 0 Å². The number of benzene rings is 1. The molecule has 0 N–H and O–H groups in total. The first kappa shape index (κ1) is 11.9. The molecule has 1 aliphatic rings. The van der Waals surface area contributed by atoms with E-state index in [0.717, 1.165) is 12.5 Å². The van der Waals surface area contributed by atoms with Crippen LogP contribution in [0, 0.1) is 5.92 Å². The molecule has 1 nitrogen and oxygen atoms in total. The Morgan fingerprint density at radius 3 is 2.81 bits per heavy atom. The molecule has 0 spiro atoms. The molecule has 0 saturated carbocycles. The summed E-state index contributed by atoms with van der Waals surface area (Å²) >= 11 is 6.45. The maximum atomic E-state index is 6.45. The first-order valence-electron chi connectivity index (χ1n) is 6.17. The van der Waals surface area contributed by atoms with Crippen LogP contribution in [-0.4, -0.2) is 24.5 Å². The maximum absolute atomic E-state index is 6.45. The van der Waals surface area contributed by atoms with E-state index in [1.54, 1.807) is 0 Å². The van der Waals surface area contributed by atoms with E-state index in [4.69, 9.17) is 11.6 Å². The smallest absolute Gasteiger partial charge is 0.0712 e. The fraction of sp³-hybridized carbons (Fsp3) is 0.571. The SMILES string of the molecule is CC1CCCN(CC(Cl)c2ccccc2)C1. The minimum absolute atomic E-state index is 0.131. The number of piperidine rings is 1. The number of hydrogen-bond donors (Lipinski definition) is 0. The molecule has 1 heterocycles. The zero-order valence-corrected chi connectivity index (χ0v) is 10.7. The Balaban J connectivity index is 1.89. The Morgan fingerprint density at radius 2 is 2.12 bits per heavy atom. The lowest BCUT2D eigenvalue weighted by atomic mass is 10.00. The molecule has 2 rings (SSSR count). The van der Waals surface area contributed by atoms with Crippen LogP contribution < -0.4 is 0 Å². The molecule has 1 saturated heterocycles.